The minimum absolute atomic E-state index is 0. The number of rotatable bonds is 3. The first-order valence-electron chi connectivity index (χ1n) is 4.01. The Balaban J connectivity index is 0.00000196. The van der Waals surface area contributed by atoms with Gasteiger partial charge in [-0.25, -0.2) is 4.99 Å². The Morgan fingerprint density at radius 2 is 2.13 bits per heavy atom. The topological polar surface area (TPSA) is 73.6 Å². The molecule has 0 aliphatic carbocycles. The Bertz CT molecular complexity index is 353. The molecule has 0 aromatic heterocycles. The van der Waals surface area contributed by atoms with Crippen LogP contribution < -0.4 is 16.2 Å². The molecule has 4 N–H and O–H groups in total. The molecule has 0 aliphatic rings. The van der Waals surface area contributed by atoms with Gasteiger partial charge in [0.15, 0.2) is 5.96 Å². The number of guanidine groups is 1. The fourth-order valence-electron chi connectivity index (χ4n) is 0.985. The first-order valence-corrected chi connectivity index (χ1v) is 4.80. The van der Waals surface area contributed by atoms with Gasteiger partial charge in [0, 0.05) is 0 Å². The van der Waals surface area contributed by atoms with E-state index in [1.54, 1.807) is 7.11 Å². The number of benzene rings is 1. The zero-order valence-electron chi connectivity index (χ0n) is 8.24. The summed E-state index contributed by atoms with van der Waals surface area (Å²) in [6, 6.07) is 5.71. The van der Waals surface area contributed by atoms with E-state index in [1.165, 1.54) is 0 Å². The summed E-state index contributed by atoms with van der Waals surface area (Å²) >= 11 is 3.36. The van der Waals surface area contributed by atoms with Gasteiger partial charge in [-0.3, -0.25) is 0 Å². The SMILES string of the molecule is COc1cc(CN=C(N)N)ccc1Br.Cl. The van der Waals surface area contributed by atoms with Crippen molar-refractivity contribution in [1.29, 1.82) is 0 Å². The van der Waals surface area contributed by atoms with Crippen LogP contribution in [0.4, 0.5) is 0 Å². The second kappa shape index (κ2) is 6.53. The molecule has 1 aromatic rings. The van der Waals surface area contributed by atoms with Crippen LogP contribution in [0.25, 0.3) is 0 Å². The highest BCUT2D eigenvalue weighted by Gasteiger charge is 2.00. The van der Waals surface area contributed by atoms with E-state index in [4.69, 9.17) is 16.2 Å². The van der Waals surface area contributed by atoms with Crippen molar-refractivity contribution in [2.75, 3.05) is 7.11 Å². The van der Waals surface area contributed by atoms with Gasteiger partial charge in [0.05, 0.1) is 18.1 Å². The van der Waals surface area contributed by atoms with E-state index in [0.717, 1.165) is 15.8 Å². The normalized spacial score (nSPS) is 8.93. The van der Waals surface area contributed by atoms with Gasteiger partial charge >= 0.3 is 0 Å². The summed E-state index contributed by atoms with van der Waals surface area (Å²) in [7, 11) is 1.62. The van der Waals surface area contributed by atoms with Crippen molar-refractivity contribution in [3.63, 3.8) is 0 Å². The molecule has 84 valence electrons. The molecule has 1 aromatic carbocycles. The summed E-state index contributed by atoms with van der Waals surface area (Å²) < 4.78 is 6.05. The van der Waals surface area contributed by atoms with Gasteiger partial charge in [0.25, 0.3) is 0 Å². The average molecular weight is 295 g/mol. The predicted molar refractivity (Wildman–Crippen MR) is 67.5 cm³/mol. The average Bonchev–Trinajstić information content (AvgIpc) is 2.16. The predicted octanol–water partition coefficient (Wildman–Crippen LogP) is 1.65. The molecule has 0 bridgehead atoms. The number of ether oxygens (including phenoxy) is 1. The largest absolute Gasteiger partial charge is 0.496 e. The van der Waals surface area contributed by atoms with Gasteiger partial charge in [-0.1, -0.05) is 6.07 Å². The van der Waals surface area contributed by atoms with E-state index < -0.39 is 0 Å². The molecule has 0 unspecified atom stereocenters. The lowest BCUT2D eigenvalue weighted by Crippen LogP contribution is -2.22. The standard InChI is InChI=1S/C9H12BrN3O.ClH/c1-14-8-4-6(2-3-7(8)10)5-13-9(11)12;/h2-4H,5H2,1H3,(H4,11,12,13);1H. The number of hydrogen-bond donors (Lipinski definition) is 2. The Labute approximate surface area is 103 Å². The van der Waals surface area contributed by atoms with Crippen LogP contribution in [0.15, 0.2) is 27.7 Å². The van der Waals surface area contributed by atoms with Gasteiger partial charge in [-0.15, -0.1) is 12.4 Å². The first kappa shape index (κ1) is 14.1. The van der Waals surface area contributed by atoms with Crippen LogP contribution in [0.2, 0.25) is 0 Å². The molecule has 0 spiro atoms. The van der Waals surface area contributed by atoms with Crippen LogP contribution >= 0.6 is 28.3 Å². The van der Waals surface area contributed by atoms with Crippen molar-refractivity contribution in [1.82, 2.24) is 0 Å². The lowest BCUT2D eigenvalue weighted by Gasteiger charge is -2.04. The molecule has 0 radical (unpaired) electrons. The van der Waals surface area contributed by atoms with Crippen LogP contribution in [-0.2, 0) is 6.54 Å². The van der Waals surface area contributed by atoms with E-state index in [0.29, 0.717) is 6.54 Å². The number of halogens is 2. The summed E-state index contributed by atoms with van der Waals surface area (Å²) in [5.74, 6) is 0.861. The number of hydrogen-bond acceptors (Lipinski definition) is 2. The summed E-state index contributed by atoms with van der Waals surface area (Å²) in [6.45, 7) is 0.464. The second-order valence-electron chi connectivity index (χ2n) is 2.71. The number of aliphatic imine (C=N–C) groups is 1. The summed E-state index contributed by atoms with van der Waals surface area (Å²) in [4.78, 5) is 3.90. The lowest BCUT2D eigenvalue weighted by atomic mass is 10.2. The maximum absolute atomic E-state index is 5.23. The van der Waals surface area contributed by atoms with E-state index >= 15 is 0 Å². The Hall–Kier alpha value is -0.940. The van der Waals surface area contributed by atoms with Gasteiger partial charge < -0.3 is 16.2 Å². The number of nitrogens with zero attached hydrogens (tertiary/aromatic N) is 1. The highest BCUT2D eigenvalue weighted by molar-refractivity contribution is 9.10. The molecular formula is C9H13BrClN3O. The third kappa shape index (κ3) is 4.40. The Morgan fingerprint density at radius 3 is 2.67 bits per heavy atom. The van der Waals surface area contributed by atoms with Crippen molar-refractivity contribution in [2.24, 2.45) is 16.5 Å². The first-order chi connectivity index (χ1) is 6.63. The number of methoxy groups -OCH3 is 1. The lowest BCUT2D eigenvalue weighted by molar-refractivity contribution is 0.411. The molecule has 15 heavy (non-hydrogen) atoms. The summed E-state index contributed by atoms with van der Waals surface area (Å²) in [6.07, 6.45) is 0. The summed E-state index contributed by atoms with van der Waals surface area (Å²) in [5.41, 5.74) is 11.5. The van der Waals surface area contributed by atoms with Crippen LogP contribution in [-0.4, -0.2) is 13.1 Å². The summed E-state index contributed by atoms with van der Waals surface area (Å²) in [5, 5.41) is 0. The molecule has 0 fully saturated rings. The van der Waals surface area contributed by atoms with Crippen LogP contribution in [0.5, 0.6) is 5.75 Å². The molecule has 0 amide bonds. The van der Waals surface area contributed by atoms with E-state index in [1.807, 2.05) is 18.2 Å². The van der Waals surface area contributed by atoms with Gasteiger partial charge in [-0.05, 0) is 33.6 Å². The maximum atomic E-state index is 5.23. The molecule has 0 atom stereocenters. The Morgan fingerprint density at radius 1 is 1.47 bits per heavy atom. The molecule has 6 heteroatoms. The van der Waals surface area contributed by atoms with Crippen LogP contribution in [0, 0.1) is 0 Å². The van der Waals surface area contributed by atoms with Crippen molar-refractivity contribution < 1.29 is 4.74 Å². The molecule has 4 nitrogen and oxygen atoms in total. The Kier molecular flexibility index (Phi) is 6.12. The van der Waals surface area contributed by atoms with Gasteiger partial charge in [-0.2, -0.15) is 0 Å². The minimum Gasteiger partial charge on any atom is -0.496 e. The zero-order chi connectivity index (χ0) is 10.6. The fraction of sp³-hybridized carbons (Fsp3) is 0.222. The van der Waals surface area contributed by atoms with Crippen LogP contribution in [0.3, 0.4) is 0 Å². The minimum atomic E-state index is 0. The molecule has 0 heterocycles. The van der Waals surface area contributed by atoms with E-state index in [2.05, 4.69) is 20.9 Å². The highest BCUT2D eigenvalue weighted by Crippen LogP contribution is 2.25. The van der Waals surface area contributed by atoms with Crippen molar-refractivity contribution in [2.45, 2.75) is 6.54 Å². The van der Waals surface area contributed by atoms with E-state index in [9.17, 15) is 0 Å². The zero-order valence-corrected chi connectivity index (χ0v) is 10.6. The second-order valence-corrected chi connectivity index (χ2v) is 3.56. The fourth-order valence-corrected chi connectivity index (χ4v) is 1.39. The molecule has 0 aliphatic heterocycles. The molecule has 1 rings (SSSR count). The highest BCUT2D eigenvalue weighted by atomic mass is 79.9. The van der Waals surface area contributed by atoms with E-state index in [-0.39, 0.29) is 18.4 Å². The third-order valence-electron chi connectivity index (χ3n) is 1.66. The molecular weight excluding hydrogens is 281 g/mol. The molecule has 0 saturated heterocycles. The monoisotopic (exact) mass is 293 g/mol. The van der Waals surface area contributed by atoms with Crippen molar-refractivity contribution >= 4 is 34.3 Å². The quantitative estimate of drug-likeness (QED) is 0.657. The van der Waals surface area contributed by atoms with Crippen molar-refractivity contribution in [3.05, 3.63) is 28.2 Å². The van der Waals surface area contributed by atoms with Crippen molar-refractivity contribution in [3.8, 4) is 5.75 Å². The third-order valence-corrected chi connectivity index (χ3v) is 2.31. The van der Waals surface area contributed by atoms with Gasteiger partial charge in [0.2, 0.25) is 0 Å². The van der Waals surface area contributed by atoms with Crippen LogP contribution in [0.1, 0.15) is 5.56 Å². The number of nitrogens with two attached hydrogens (primary N) is 2. The molecule has 0 saturated carbocycles. The smallest absolute Gasteiger partial charge is 0.186 e. The van der Waals surface area contributed by atoms with Gasteiger partial charge in [0.1, 0.15) is 5.75 Å². The maximum Gasteiger partial charge on any atom is 0.186 e.